The summed E-state index contributed by atoms with van der Waals surface area (Å²) in [4.78, 5) is 14.4. The van der Waals surface area contributed by atoms with Crippen LogP contribution < -0.4 is 10.6 Å². The number of amides is 2. The maximum absolute atomic E-state index is 10.4. The van der Waals surface area contributed by atoms with E-state index in [1.807, 2.05) is 6.92 Å². The highest BCUT2D eigenvalue weighted by Gasteiger charge is 2.12. The Kier molecular flexibility index (Phi) is 1.67. The molecule has 1 aliphatic heterocycles. The fourth-order valence-corrected chi connectivity index (χ4v) is 0.670. The third kappa shape index (κ3) is 1.42. The first-order chi connectivity index (χ1) is 4.33. The van der Waals surface area contributed by atoms with Crippen molar-refractivity contribution >= 4 is 11.9 Å². The van der Waals surface area contributed by atoms with E-state index < -0.39 is 0 Å². The SMILES string of the molecule is CCN=C1CNC(=O)N1. The smallest absolute Gasteiger partial charge is 0.320 e. The zero-order valence-corrected chi connectivity index (χ0v) is 5.27. The predicted molar refractivity (Wildman–Crippen MR) is 34.5 cm³/mol. The van der Waals surface area contributed by atoms with Crippen LogP contribution in [0.4, 0.5) is 4.79 Å². The minimum Gasteiger partial charge on any atom is -0.331 e. The summed E-state index contributed by atoms with van der Waals surface area (Å²) >= 11 is 0. The van der Waals surface area contributed by atoms with Crippen LogP contribution in [0.2, 0.25) is 0 Å². The molecule has 1 aliphatic rings. The predicted octanol–water partition coefficient (Wildman–Crippen LogP) is -0.282. The van der Waals surface area contributed by atoms with Crippen molar-refractivity contribution in [2.75, 3.05) is 13.1 Å². The monoisotopic (exact) mass is 127 g/mol. The van der Waals surface area contributed by atoms with Gasteiger partial charge in [0.05, 0.1) is 6.54 Å². The molecule has 0 aliphatic carbocycles. The number of hydrogen-bond donors (Lipinski definition) is 2. The van der Waals surface area contributed by atoms with Gasteiger partial charge in [-0.2, -0.15) is 0 Å². The lowest BCUT2D eigenvalue weighted by Crippen LogP contribution is -2.22. The van der Waals surface area contributed by atoms with Crippen molar-refractivity contribution in [3.8, 4) is 0 Å². The maximum Gasteiger partial charge on any atom is 0.320 e. The Labute approximate surface area is 53.3 Å². The molecule has 0 saturated carbocycles. The van der Waals surface area contributed by atoms with Gasteiger partial charge < -0.3 is 5.32 Å². The summed E-state index contributed by atoms with van der Waals surface area (Å²) in [6.45, 7) is 3.20. The highest BCUT2D eigenvalue weighted by atomic mass is 16.2. The Morgan fingerprint density at radius 3 is 3.00 bits per heavy atom. The summed E-state index contributed by atoms with van der Waals surface area (Å²) in [5.41, 5.74) is 0. The quantitative estimate of drug-likeness (QED) is 0.500. The second-order valence-corrected chi connectivity index (χ2v) is 1.73. The molecule has 50 valence electrons. The molecular weight excluding hydrogens is 118 g/mol. The van der Waals surface area contributed by atoms with Crippen molar-refractivity contribution < 1.29 is 4.79 Å². The van der Waals surface area contributed by atoms with Gasteiger partial charge in [0, 0.05) is 6.54 Å². The largest absolute Gasteiger partial charge is 0.331 e. The van der Waals surface area contributed by atoms with Crippen molar-refractivity contribution in [1.82, 2.24) is 10.6 Å². The third-order valence-corrected chi connectivity index (χ3v) is 1.02. The standard InChI is InChI=1S/C5H9N3O/c1-2-6-4-3-7-5(9)8-4/h2-3H2,1H3,(H2,6,7,8,9). The van der Waals surface area contributed by atoms with Crippen molar-refractivity contribution in [2.45, 2.75) is 6.92 Å². The number of urea groups is 1. The highest BCUT2D eigenvalue weighted by Crippen LogP contribution is 1.81. The minimum absolute atomic E-state index is 0.151. The molecule has 1 rings (SSSR count). The summed E-state index contributed by atoms with van der Waals surface area (Å²) in [6, 6.07) is -0.151. The van der Waals surface area contributed by atoms with Gasteiger partial charge in [-0.15, -0.1) is 0 Å². The number of amidine groups is 1. The topological polar surface area (TPSA) is 53.5 Å². The lowest BCUT2D eigenvalue weighted by Gasteiger charge is -1.88. The Morgan fingerprint density at radius 1 is 1.78 bits per heavy atom. The molecule has 0 spiro atoms. The number of rotatable bonds is 1. The van der Waals surface area contributed by atoms with Crippen LogP contribution in [0.15, 0.2) is 4.99 Å². The van der Waals surface area contributed by atoms with Gasteiger partial charge >= 0.3 is 6.03 Å². The number of hydrogen-bond acceptors (Lipinski definition) is 2. The summed E-state index contributed by atoms with van der Waals surface area (Å²) in [5, 5.41) is 5.13. The van der Waals surface area contributed by atoms with Crippen LogP contribution in [0.3, 0.4) is 0 Å². The number of aliphatic imine (C=N–C) groups is 1. The van der Waals surface area contributed by atoms with E-state index >= 15 is 0 Å². The zero-order valence-electron chi connectivity index (χ0n) is 5.27. The first kappa shape index (κ1) is 6.07. The Morgan fingerprint density at radius 2 is 2.56 bits per heavy atom. The molecule has 0 aromatic heterocycles. The minimum atomic E-state index is -0.151. The Balaban J connectivity index is 2.47. The molecule has 2 amide bonds. The van der Waals surface area contributed by atoms with Crippen LogP contribution in [-0.4, -0.2) is 25.0 Å². The van der Waals surface area contributed by atoms with Crippen LogP contribution in [-0.2, 0) is 0 Å². The molecule has 4 nitrogen and oxygen atoms in total. The van der Waals surface area contributed by atoms with Crippen molar-refractivity contribution in [1.29, 1.82) is 0 Å². The number of nitrogens with zero attached hydrogens (tertiary/aromatic N) is 1. The summed E-state index contributed by atoms with van der Waals surface area (Å²) in [6.07, 6.45) is 0. The van der Waals surface area contributed by atoms with E-state index in [1.54, 1.807) is 0 Å². The summed E-state index contributed by atoms with van der Waals surface area (Å²) < 4.78 is 0. The molecule has 0 aromatic carbocycles. The van der Waals surface area contributed by atoms with Gasteiger partial charge in [-0.3, -0.25) is 10.3 Å². The average Bonchev–Trinajstić information content (AvgIpc) is 2.17. The van der Waals surface area contributed by atoms with Crippen molar-refractivity contribution in [3.63, 3.8) is 0 Å². The lowest BCUT2D eigenvalue weighted by atomic mass is 10.6. The number of carbonyl (C=O) groups excluding carboxylic acids is 1. The van der Waals surface area contributed by atoms with Gasteiger partial charge in [-0.05, 0) is 6.92 Å². The molecule has 1 heterocycles. The molecule has 9 heavy (non-hydrogen) atoms. The van der Waals surface area contributed by atoms with E-state index in [9.17, 15) is 4.79 Å². The molecule has 0 atom stereocenters. The van der Waals surface area contributed by atoms with Gasteiger partial charge in [-0.1, -0.05) is 0 Å². The lowest BCUT2D eigenvalue weighted by molar-refractivity contribution is 0.249. The fraction of sp³-hybridized carbons (Fsp3) is 0.600. The van der Waals surface area contributed by atoms with E-state index in [2.05, 4.69) is 15.6 Å². The molecule has 4 heteroatoms. The van der Waals surface area contributed by atoms with Crippen LogP contribution in [0.25, 0.3) is 0 Å². The fourth-order valence-electron chi connectivity index (χ4n) is 0.670. The van der Waals surface area contributed by atoms with Crippen LogP contribution in [0.5, 0.6) is 0 Å². The van der Waals surface area contributed by atoms with Gasteiger partial charge in [0.25, 0.3) is 0 Å². The van der Waals surface area contributed by atoms with Crippen LogP contribution in [0, 0.1) is 0 Å². The van der Waals surface area contributed by atoms with Gasteiger partial charge in [0.1, 0.15) is 5.84 Å². The molecule has 2 N–H and O–H groups in total. The molecule has 0 radical (unpaired) electrons. The van der Waals surface area contributed by atoms with E-state index in [-0.39, 0.29) is 6.03 Å². The molecule has 0 unspecified atom stereocenters. The second kappa shape index (κ2) is 2.48. The van der Waals surface area contributed by atoms with E-state index in [0.29, 0.717) is 6.54 Å². The number of carbonyl (C=O) groups is 1. The maximum atomic E-state index is 10.4. The average molecular weight is 127 g/mol. The van der Waals surface area contributed by atoms with E-state index in [4.69, 9.17) is 0 Å². The van der Waals surface area contributed by atoms with Crippen LogP contribution in [0.1, 0.15) is 6.92 Å². The van der Waals surface area contributed by atoms with Crippen molar-refractivity contribution in [2.24, 2.45) is 4.99 Å². The zero-order chi connectivity index (χ0) is 6.69. The molecule has 1 saturated heterocycles. The highest BCUT2D eigenvalue weighted by molar-refractivity contribution is 6.04. The summed E-state index contributed by atoms with van der Waals surface area (Å²) in [7, 11) is 0. The Hall–Kier alpha value is -1.06. The van der Waals surface area contributed by atoms with Crippen LogP contribution >= 0.6 is 0 Å². The second-order valence-electron chi connectivity index (χ2n) is 1.73. The molecule has 1 fully saturated rings. The first-order valence-corrected chi connectivity index (χ1v) is 2.91. The first-order valence-electron chi connectivity index (χ1n) is 2.91. The molecule has 0 bridgehead atoms. The van der Waals surface area contributed by atoms with E-state index in [0.717, 1.165) is 12.4 Å². The summed E-state index contributed by atoms with van der Waals surface area (Å²) in [5.74, 6) is 0.738. The number of nitrogens with one attached hydrogen (secondary N) is 2. The normalized spacial score (nSPS) is 21.9. The Bertz CT molecular complexity index is 152. The van der Waals surface area contributed by atoms with Crippen molar-refractivity contribution in [3.05, 3.63) is 0 Å². The molecular formula is C5H9N3O. The van der Waals surface area contributed by atoms with Gasteiger partial charge in [-0.25, -0.2) is 4.79 Å². The molecule has 0 aromatic rings. The van der Waals surface area contributed by atoms with Gasteiger partial charge in [0.15, 0.2) is 0 Å². The third-order valence-electron chi connectivity index (χ3n) is 1.02. The van der Waals surface area contributed by atoms with Gasteiger partial charge in [0.2, 0.25) is 0 Å². The van der Waals surface area contributed by atoms with E-state index in [1.165, 1.54) is 0 Å².